The van der Waals surface area contributed by atoms with Gasteiger partial charge in [-0.1, -0.05) is 23.5 Å². The van der Waals surface area contributed by atoms with E-state index in [1.165, 1.54) is 29.5 Å². The van der Waals surface area contributed by atoms with Gasteiger partial charge in [-0.3, -0.25) is 4.79 Å². The van der Waals surface area contributed by atoms with E-state index in [0.717, 1.165) is 16.0 Å². The van der Waals surface area contributed by atoms with Gasteiger partial charge >= 0.3 is 0 Å². The first kappa shape index (κ1) is 16.1. The number of nitrogens with zero attached hydrogens (tertiary/aromatic N) is 2. The Kier molecular flexibility index (Phi) is 4.57. The largest absolute Gasteiger partial charge is 0.497 e. The van der Waals surface area contributed by atoms with Crippen LogP contribution in [0, 0.1) is 5.82 Å². The maximum atomic E-state index is 13.3. The van der Waals surface area contributed by atoms with Gasteiger partial charge in [0.25, 0.3) is 5.91 Å². The molecule has 0 spiro atoms. The number of methoxy groups -OCH3 is 1. The third kappa shape index (κ3) is 3.14. The average Bonchev–Trinajstić information content (AvgIpc) is 2.91. The van der Waals surface area contributed by atoms with E-state index in [-0.39, 0.29) is 5.56 Å². The second-order valence-electron chi connectivity index (χ2n) is 5.04. The van der Waals surface area contributed by atoms with Crippen molar-refractivity contribution in [3.63, 3.8) is 0 Å². The van der Waals surface area contributed by atoms with E-state index in [1.807, 2.05) is 22.8 Å². The van der Waals surface area contributed by atoms with Gasteiger partial charge in [0.15, 0.2) is 4.80 Å². The number of rotatable bonds is 4. The number of hydrogen-bond donors (Lipinski definition) is 0. The number of aromatic nitrogens is 1. The maximum Gasteiger partial charge on any atom is 0.279 e. The molecule has 0 radical (unpaired) electrons. The van der Waals surface area contributed by atoms with Gasteiger partial charge in [-0.15, -0.1) is 6.58 Å². The lowest BCUT2D eigenvalue weighted by Gasteiger charge is -2.02. The molecule has 122 valence electrons. The van der Waals surface area contributed by atoms with Crippen molar-refractivity contribution in [1.29, 1.82) is 0 Å². The van der Waals surface area contributed by atoms with E-state index in [9.17, 15) is 9.18 Å². The Hall–Kier alpha value is -2.73. The van der Waals surface area contributed by atoms with Crippen LogP contribution in [0.3, 0.4) is 0 Å². The summed E-state index contributed by atoms with van der Waals surface area (Å²) in [5.41, 5.74) is 1.15. The lowest BCUT2D eigenvalue weighted by atomic mass is 10.2. The molecule has 0 saturated heterocycles. The highest BCUT2D eigenvalue weighted by Crippen LogP contribution is 2.23. The molecule has 0 saturated carbocycles. The quantitative estimate of drug-likeness (QED) is 0.677. The number of amides is 1. The van der Waals surface area contributed by atoms with E-state index in [1.54, 1.807) is 19.3 Å². The van der Waals surface area contributed by atoms with Gasteiger partial charge < -0.3 is 9.30 Å². The van der Waals surface area contributed by atoms with Crippen molar-refractivity contribution in [2.45, 2.75) is 6.54 Å². The molecule has 0 aliphatic rings. The number of halogens is 1. The highest BCUT2D eigenvalue weighted by atomic mass is 32.1. The Morgan fingerprint density at radius 1 is 1.38 bits per heavy atom. The van der Waals surface area contributed by atoms with Crippen LogP contribution in [0.15, 0.2) is 60.1 Å². The Morgan fingerprint density at radius 2 is 2.21 bits per heavy atom. The molecule has 6 heteroatoms. The fourth-order valence-corrected chi connectivity index (χ4v) is 3.41. The molecule has 2 aromatic carbocycles. The van der Waals surface area contributed by atoms with Crippen LogP contribution >= 0.6 is 11.3 Å². The molecule has 0 N–H and O–H groups in total. The Balaban J connectivity index is 2.14. The van der Waals surface area contributed by atoms with Crippen molar-refractivity contribution in [2.75, 3.05) is 7.11 Å². The van der Waals surface area contributed by atoms with Crippen LogP contribution < -0.4 is 9.54 Å². The van der Waals surface area contributed by atoms with Crippen molar-refractivity contribution < 1.29 is 13.9 Å². The lowest BCUT2D eigenvalue weighted by molar-refractivity contribution is 0.0997. The average molecular weight is 342 g/mol. The van der Waals surface area contributed by atoms with Gasteiger partial charge in [0.1, 0.15) is 11.6 Å². The predicted molar refractivity (Wildman–Crippen MR) is 92.9 cm³/mol. The first-order valence-electron chi connectivity index (χ1n) is 7.25. The van der Waals surface area contributed by atoms with E-state index >= 15 is 0 Å². The van der Waals surface area contributed by atoms with Crippen LogP contribution in [0.5, 0.6) is 5.75 Å². The van der Waals surface area contributed by atoms with Crippen molar-refractivity contribution in [3.05, 3.63) is 71.3 Å². The molecule has 4 nitrogen and oxygen atoms in total. The smallest absolute Gasteiger partial charge is 0.279 e. The molecule has 3 rings (SSSR count). The van der Waals surface area contributed by atoms with Gasteiger partial charge in [0.2, 0.25) is 0 Å². The van der Waals surface area contributed by atoms with Crippen LogP contribution in [0.25, 0.3) is 10.2 Å². The number of hydrogen-bond acceptors (Lipinski definition) is 3. The fourth-order valence-electron chi connectivity index (χ4n) is 2.34. The third-order valence-electron chi connectivity index (χ3n) is 3.47. The zero-order valence-corrected chi connectivity index (χ0v) is 13.8. The summed E-state index contributed by atoms with van der Waals surface area (Å²) in [6.45, 7) is 4.26. The second kappa shape index (κ2) is 6.80. The van der Waals surface area contributed by atoms with E-state index in [0.29, 0.717) is 11.3 Å². The first-order chi connectivity index (χ1) is 11.6. The number of carbonyl (C=O) groups is 1. The topological polar surface area (TPSA) is 43.6 Å². The van der Waals surface area contributed by atoms with Gasteiger partial charge in [0, 0.05) is 12.1 Å². The zero-order valence-electron chi connectivity index (χ0n) is 13.0. The normalized spacial score (nSPS) is 11.7. The molecule has 0 aliphatic carbocycles. The van der Waals surface area contributed by atoms with Crippen LogP contribution in [-0.4, -0.2) is 17.6 Å². The highest BCUT2D eigenvalue weighted by Gasteiger charge is 2.10. The van der Waals surface area contributed by atoms with E-state index in [2.05, 4.69) is 11.6 Å². The van der Waals surface area contributed by atoms with Gasteiger partial charge in [-0.25, -0.2) is 4.39 Å². The molecular formula is C18H15FN2O2S. The number of ether oxygens (including phenoxy) is 1. The Bertz CT molecular complexity index is 988. The minimum Gasteiger partial charge on any atom is -0.497 e. The Morgan fingerprint density at radius 3 is 2.92 bits per heavy atom. The molecule has 3 aromatic rings. The summed E-state index contributed by atoms with van der Waals surface area (Å²) >= 11 is 1.37. The molecule has 0 unspecified atom stereocenters. The second-order valence-corrected chi connectivity index (χ2v) is 6.05. The van der Waals surface area contributed by atoms with Crippen LogP contribution in [-0.2, 0) is 6.54 Å². The SMILES string of the molecule is C=CCn1c(=NC(=O)c2cccc(F)c2)sc2cc(OC)ccc21. The minimum absolute atomic E-state index is 0.218. The minimum atomic E-state index is -0.481. The van der Waals surface area contributed by atoms with Gasteiger partial charge in [0.05, 0.1) is 17.3 Å². The standard InChI is InChI=1S/C18H15FN2O2S/c1-3-9-21-15-8-7-14(23-2)11-16(15)24-18(21)20-17(22)12-5-4-6-13(19)10-12/h3-8,10-11H,1,9H2,2H3. The molecule has 24 heavy (non-hydrogen) atoms. The third-order valence-corrected chi connectivity index (χ3v) is 4.51. The number of carbonyl (C=O) groups excluding carboxylic acids is 1. The summed E-state index contributed by atoms with van der Waals surface area (Å²) < 4.78 is 21.4. The molecule has 0 aliphatic heterocycles. The van der Waals surface area contributed by atoms with Crippen LogP contribution in [0.2, 0.25) is 0 Å². The fraction of sp³-hybridized carbons (Fsp3) is 0.111. The predicted octanol–water partition coefficient (Wildman–Crippen LogP) is 3.78. The van der Waals surface area contributed by atoms with Crippen molar-refractivity contribution >= 4 is 27.5 Å². The molecule has 0 fully saturated rings. The van der Waals surface area contributed by atoms with Gasteiger partial charge in [-0.2, -0.15) is 4.99 Å². The van der Waals surface area contributed by atoms with Crippen molar-refractivity contribution in [2.24, 2.45) is 4.99 Å². The van der Waals surface area contributed by atoms with Crippen LogP contribution in [0.4, 0.5) is 4.39 Å². The van der Waals surface area contributed by atoms with Crippen LogP contribution in [0.1, 0.15) is 10.4 Å². The number of benzene rings is 2. The number of allylic oxidation sites excluding steroid dienone is 1. The molecule has 1 amide bonds. The van der Waals surface area contributed by atoms with Crippen molar-refractivity contribution in [3.8, 4) is 5.75 Å². The molecule has 0 atom stereocenters. The van der Waals surface area contributed by atoms with Crippen molar-refractivity contribution in [1.82, 2.24) is 4.57 Å². The monoisotopic (exact) mass is 342 g/mol. The first-order valence-corrected chi connectivity index (χ1v) is 8.07. The molecule has 1 heterocycles. The number of thiazole rings is 1. The summed E-state index contributed by atoms with van der Waals surface area (Å²) in [7, 11) is 1.60. The summed E-state index contributed by atoms with van der Waals surface area (Å²) in [5, 5.41) is 0. The molecular weight excluding hydrogens is 327 g/mol. The maximum absolute atomic E-state index is 13.3. The highest BCUT2D eigenvalue weighted by molar-refractivity contribution is 7.16. The summed E-state index contributed by atoms with van der Waals surface area (Å²) in [6.07, 6.45) is 1.74. The zero-order chi connectivity index (χ0) is 17.1. The van der Waals surface area contributed by atoms with E-state index in [4.69, 9.17) is 4.74 Å². The molecule has 1 aromatic heterocycles. The number of fused-ring (bicyclic) bond motifs is 1. The lowest BCUT2D eigenvalue weighted by Crippen LogP contribution is -2.16. The molecule has 0 bridgehead atoms. The Labute approximate surface area is 142 Å². The summed E-state index contributed by atoms with van der Waals surface area (Å²) in [5.74, 6) is -0.209. The van der Waals surface area contributed by atoms with Gasteiger partial charge in [-0.05, 0) is 36.4 Å². The van der Waals surface area contributed by atoms with E-state index < -0.39 is 11.7 Å². The summed E-state index contributed by atoms with van der Waals surface area (Å²) in [4.78, 5) is 17.0. The summed E-state index contributed by atoms with van der Waals surface area (Å²) in [6, 6.07) is 11.2.